The maximum absolute atomic E-state index is 12.6. The van der Waals surface area contributed by atoms with Crippen LogP contribution in [0.4, 0.5) is 10.5 Å². The van der Waals surface area contributed by atoms with E-state index in [0.717, 1.165) is 0 Å². The van der Waals surface area contributed by atoms with Gasteiger partial charge in [0.25, 0.3) is 5.69 Å². The van der Waals surface area contributed by atoms with E-state index < -0.39 is 52.2 Å². The first-order valence-corrected chi connectivity index (χ1v) is 8.69. The van der Waals surface area contributed by atoms with Crippen LogP contribution in [0.25, 0.3) is 0 Å². The number of β-lactam (4-membered cyclic amide) rings is 1. The predicted octanol–water partition coefficient (Wildman–Crippen LogP) is 0.883. The number of hydrogen-bond acceptors (Lipinski definition) is 9. The summed E-state index contributed by atoms with van der Waals surface area (Å²) in [6, 6.07) is 4.48. The van der Waals surface area contributed by atoms with E-state index in [1.807, 2.05) is 0 Å². The Hall–Kier alpha value is -3.50. The second kappa shape index (κ2) is 7.49. The molecule has 3 rings (SSSR count). The fraction of sp³-hybridized carbons (Fsp3) is 0.444. The second-order valence-corrected chi connectivity index (χ2v) is 7.09. The van der Waals surface area contributed by atoms with Gasteiger partial charge in [0, 0.05) is 12.1 Å². The molecule has 2 heterocycles. The van der Waals surface area contributed by atoms with Gasteiger partial charge in [0.15, 0.2) is 5.60 Å². The molecule has 1 amide bonds. The number of nitro groups is 1. The molecular weight excluding hydrogens is 388 g/mol. The number of cyclic esters (lactones) is 2. The number of hydrogen-bond donors (Lipinski definition) is 1. The highest BCUT2D eigenvalue weighted by Gasteiger charge is 2.61. The lowest BCUT2D eigenvalue weighted by Crippen LogP contribution is -2.71. The maximum Gasteiger partial charge on any atom is 0.509 e. The summed E-state index contributed by atoms with van der Waals surface area (Å²) in [7, 11) is 0. The fourth-order valence-corrected chi connectivity index (χ4v) is 3.47. The highest BCUT2D eigenvalue weighted by molar-refractivity contribution is 6.02. The van der Waals surface area contributed by atoms with Crippen molar-refractivity contribution in [1.29, 1.82) is 0 Å². The molecule has 2 aliphatic heterocycles. The molecule has 2 aliphatic rings. The third kappa shape index (κ3) is 3.89. The van der Waals surface area contributed by atoms with Crippen molar-refractivity contribution in [2.75, 3.05) is 6.61 Å². The van der Waals surface area contributed by atoms with Crippen molar-refractivity contribution in [3.63, 3.8) is 0 Å². The summed E-state index contributed by atoms with van der Waals surface area (Å²) >= 11 is 0. The Morgan fingerprint density at radius 3 is 2.48 bits per heavy atom. The van der Waals surface area contributed by atoms with Crippen molar-refractivity contribution in [2.24, 2.45) is 11.8 Å². The SMILES string of the molecule is CC(=O)C(C(=O)OCc1ccc([N+](=O)[O-])cc1)C1NC(=O)C1C1(C)COC(=O)O1. The number of benzene rings is 1. The zero-order valence-corrected chi connectivity index (χ0v) is 15.6. The minimum absolute atomic E-state index is 0.108. The van der Waals surface area contributed by atoms with E-state index in [9.17, 15) is 29.3 Å². The molecule has 0 radical (unpaired) electrons. The lowest BCUT2D eigenvalue weighted by molar-refractivity contribution is -0.384. The van der Waals surface area contributed by atoms with Crippen molar-refractivity contribution in [2.45, 2.75) is 32.1 Å². The van der Waals surface area contributed by atoms with Gasteiger partial charge in [-0.3, -0.25) is 24.5 Å². The Morgan fingerprint density at radius 2 is 2.00 bits per heavy atom. The number of esters is 1. The number of rotatable bonds is 7. The third-order valence-corrected chi connectivity index (χ3v) is 4.98. The van der Waals surface area contributed by atoms with Crippen LogP contribution in [0, 0.1) is 22.0 Å². The first-order chi connectivity index (χ1) is 13.6. The van der Waals surface area contributed by atoms with E-state index >= 15 is 0 Å². The number of carbonyl (C=O) groups is 4. The zero-order valence-electron chi connectivity index (χ0n) is 15.6. The molecular formula is C18H18N2O9. The van der Waals surface area contributed by atoms with E-state index in [1.165, 1.54) is 38.1 Å². The molecule has 0 bridgehead atoms. The molecule has 0 aliphatic carbocycles. The van der Waals surface area contributed by atoms with Crippen LogP contribution in [-0.2, 0) is 35.2 Å². The van der Waals surface area contributed by atoms with Crippen LogP contribution >= 0.6 is 0 Å². The summed E-state index contributed by atoms with van der Waals surface area (Å²) < 4.78 is 15.0. The van der Waals surface area contributed by atoms with Crippen LogP contribution in [-0.4, -0.2) is 47.0 Å². The van der Waals surface area contributed by atoms with Crippen LogP contribution < -0.4 is 5.32 Å². The van der Waals surface area contributed by atoms with Gasteiger partial charge in [-0.1, -0.05) is 0 Å². The summed E-state index contributed by atoms with van der Waals surface area (Å²) in [4.78, 5) is 58.2. The van der Waals surface area contributed by atoms with Crippen LogP contribution in [0.2, 0.25) is 0 Å². The molecule has 0 spiro atoms. The minimum atomic E-state index is -1.30. The van der Waals surface area contributed by atoms with Crippen LogP contribution in [0.15, 0.2) is 24.3 Å². The quantitative estimate of drug-likeness (QED) is 0.229. The van der Waals surface area contributed by atoms with Crippen molar-refractivity contribution >= 4 is 29.5 Å². The smallest absolute Gasteiger partial charge is 0.460 e. The molecule has 0 aromatic heterocycles. The number of Topliss-reactive ketones (excluding diaryl/α,β-unsaturated/α-hetero) is 1. The number of carbonyl (C=O) groups excluding carboxylic acids is 4. The fourth-order valence-electron chi connectivity index (χ4n) is 3.47. The standard InChI is InChI=1S/C18H18N2O9/c1-9(21)12(14-13(15(22)19-14)18(2)8-28-17(24)29-18)16(23)27-7-10-3-5-11(6-4-10)20(25)26/h3-6,12-14H,7-8H2,1-2H3,(H,19,22). The Morgan fingerprint density at radius 1 is 1.34 bits per heavy atom. The molecule has 1 aromatic carbocycles. The summed E-state index contributed by atoms with van der Waals surface area (Å²) in [5.74, 6) is -4.10. The predicted molar refractivity (Wildman–Crippen MR) is 93.3 cm³/mol. The molecule has 11 nitrogen and oxygen atoms in total. The summed E-state index contributed by atoms with van der Waals surface area (Å²) in [6.07, 6.45) is -0.925. The number of nitrogens with one attached hydrogen (secondary N) is 1. The Bertz CT molecular complexity index is 882. The molecule has 2 saturated heterocycles. The number of non-ortho nitro benzene ring substituents is 1. The Balaban J connectivity index is 1.69. The average Bonchev–Trinajstić information content (AvgIpc) is 2.97. The number of ketones is 1. The van der Waals surface area contributed by atoms with Crippen LogP contribution in [0.3, 0.4) is 0 Å². The summed E-state index contributed by atoms with van der Waals surface area (Å²) in [5, 5.41) is 13.2. The molecule has 11 heteroatoms. The Kier molecular flexibility index (Phi) is 5.23. The molecule has 29 heavy (non-hydrogen) atoms. The summed E-state index contributed by atoms with van der Waals surface area (Å²) in [6.45, 7) is 2.30. The lowest BCUT2D eigenvalue weighted by Gasteiger charge is -2.45. The molecule has 1 aromatic rings. The number of ether oxygens (including phenoxy) is 3. The van der Waals surface area contributed by atoms with E-state index in [2.05, 4.69) is 5.32 Å². The number of nitrogens with zero attached hydrogens (tertiary/aromatic N) is 1. The van der Waals surface area contributed by atoms with Crippen molar-refractivity contribution in [3.05, 3.63) is 39.9 Å². The van der Waals surface area contributed by atoms with Gasteiger partial charge in [0.1, 0.15) is 30.8 Å². The third-order valence-electron chi connectivity index (χ3n) is 4.98. The largest absolute Gasteiger partial charge is 0.509 e. The average molecular weight is 406 g/mol. The normalized spacial score (nSPS) is 26.4. The van der Waals surface area contributed by atoms with E-state index in [0.29, 0.717) is 5.56 Å². The van der Waals surface area contributed by atoms with Gasteiger partial charge >= 0.3 is 12.1 Å². The highest BCUT2D eigenvalue weighted by Crippen LogP contribution is 2.38. The van der Waals surface area contributed by atoms with Gasteiger partial charge < -0.3 is 19.5 Å². The summed E-state index contributed by atoms with van der Waals surface area (Å²) in [5.41, 5.74) is -0.912. The van der Waals surface area contributed by atoms with Crippen molar-refractivity contribution in [3.8, 4) is 0 Å². The van der Waals surface area contributed by atoms with E-state index in [-0.39, 0.29) is 18.9 Å². The lowest BCUT2D eigenvalue weighted by atomic mass is 9.71. The molecule has 0 saturated carbocycles. The van der Waals surface area contributed by atoms with Gasteiger partial charge in [-0.25, -0.2) is 4.79 Å². The first-order valence-electron chi connectivity index (χ1n) is 8.69. The number of nitro benzene ring substituents is 1. The van der Waals surface area contributed by atoms with Gasteiger partial charge in [-0.15, -0.1) is 0 Å². The molecule has 154 valence electrons. The molecule has 4 atom stereocenters. The van der Waals surface area contributed by atoms with Crippen LogP contribution in [0.5, 0.6) is 0 Å². The second-order valence-electron chi connectivity index (χ2n) is 7.09. The Labute approximate surface area is 164 Å². The first kappa shape index (κ1) is 20.2. The zero-order chi connectivity index (χ0) is 21.3. The van der Waals surface area contributed by atoms with Crippen molar-refractivity contribution in [1.82, 2.24) is 5.32 Å². The van der Waals surface area contributed by atoms with E-state index in [4.69, 9.17) is 14.2 Å². The molecule has 1 N–H and O–H groups in total. The van der Waals surface area contributed by atoms with Gasteiger partial charge in [-0.05, 0) is 31.5 Å². The van der Waals surface area contributed by atoms with Gasteiger partial charge in [0.05, 0.1) is 11.0 Å². The maximum atomic E-state index is 12.6. The monoisotopic (exact) mass is 406 g/mol. The van der Waals surface area contributed by atoms with Gasteiger partial charge in [0.2, 0.25) is 5.91 Å². The van der Waals surface area contributed by atoms with Crippen LogP contribution in [0.1, 0.15) is 19.4 Å². The molecule has 4 unspecified atom stereocenters. The van der Waals surface area contributed by atoms with Gasteiger partial charge in [-0.2, -0.15) is 0 Å². The molecule has 2 fully saturated rings. The van der Waals surface area contributed by atoms with E-state index in [1.54, 1.807) is 0 Å². The number of amides is 1. The highest BCUT2D eigenvalue weighted by atomic mass is 16.8. The minimum Gasteiger partial charge on any atom is -0.460 e. The van der Waals surface area contributed by atoms with Crippen molar-refractivity contribution < 1.29 is 38.3 Å². The topological polar surface area (TPSA) is 151 Å².